The lowest BCUT2D eigenvalue weighted by molar-refractivity contribution is -0.148. The Labute approximate surface area is 73.9 Å². The van der Waals surface area contributed by atoms with Gasteiger partial charge in [-0.15, -0.1) is 6.58 Å². The predicted octanol–water partition coefficient (Wildman–Crippen LogP) is 2.46. The Bertz CT molecular complexity index is 185. The van der Waals surface area contributed by atoms with Gasteiger partial charge in [0.05, 0.1) is 0 Å². The van der Waals surface area contributed by atoms with Crippen LogP contribution in [0.4, 0.5) is 0 Å². The summed E-state index contributed by atoms with van der Waals surface area (Å²) in [4.78, 5) is 11.0. The molecule has 0 radical (unpaired) electrons. The molecule has 0 unspecified atom stereocenters. The van der Waals surface area contributed by atoms with Crippen molar-refractivity contribution in [3.8, 4) is 0 Å². The molecule has 0 rings (SSSR count). The molecule has 0 fully saturated rings. The Morgan fingerprint density at radius 3 is 2.50 bits per heavy atom. The van der Waals surface area contributed by atoms with Gasteiger partial charge in [-0.3, -0.25) is 0 Å². The summed E-state index contributed by atoms with van der Waals surface area (Å²) < 4.78 is 5.02. The smallest absolute Gasteiger partial charge is 0.330 e. The second-order valence-electron chi connectivity index (χ2n) is 3.46. The van der Waals surface area contributed by atoms with Crippen LogP contribution in [-0.4, -0.2) is 11.6 Å². The van der Waals surface area contributed by atoms with Crippen LogP contribution in [0.2, 0.25) is 0 Å². The second kappa shape index (κ2) is 4.75. The number of allylic oxidation sites excluding steroid dienone is 2. The number of ether oxygens (including phenoxy) is 1. The van der Waals surface area contributed by atoms with Crippen molar-refractivity contribution >= 4 is 5.97 Å². The standard InChI is InChI=1S/C10H16O2/c1-5-6-7-8-9(11)12-10(2,3)4/h5,7-8H,1,6H2,2-4H3/b8-7+. The number of hydrogen-bond acceptors (Lipinski definition) is 2. The number of hydrogen-bond donors (Lipinski definition) is 0. The lowest BCUT2D eigenvalue weighted by Gasteiger charge is -2.17. The molecule has 0 aromatic heterocycles. The van der Waals surface area contributed by atoms with E-state index in [1.54, 1.807) is 12.2 Å². The summed E-state index contributed by atoms with van der Waals surface area (Å²) >= 11 is 0. The summed E-state index contributed by atoms with van der Waals surface area (Å²) in [6.45, 7) is 9.05. The van der Waals surface area contributed by atoms with Gasteiger partial charge in [0.25, 0.3) is 0 Å². The zero-order chi connectivity index (χ0) is 9.61. The normalized spacial score (nSPS) is 11.6. The maximum Gasteiger partial charge on any atom is 0.330 e. The molecule has 0 bridgehead atoms. The van der Waals surface area contributed by atoms with Crippen LogP contribution >= 0.6 is 0 Å². The van der Waals surface area contributed by atoms with Crippen LogP contribution in [0.5, 0.6) is 0 Å². The highest BCUT2D eigenvalue weighted by Gasteiger charge is 2.13. The van der Waals surface area contributed by atoms with Gasteiger partial charge in [-0.05, 0) is 27.2 Å². The Morgan fingerprint density at radius 1 is 1.50 bits per heavy atom. The van der Waals surface area contributed by atoms with E-state index < -0.39 is 5.60 Å². The fraction of sp³-hybridized carbons (Fsp3) is 0.500. The van der Waals surface area contributed by atoms with Crippen LogP contribution in [0.3, 0.4) is 0 Å². The second-order valence-corrected chi connectivity index (χ2v) is 3.46. The summed E-state index contributed by atoms with van der Waals surface area (Å²) in [6.07, 6.45) is 5.56. The molecule has 0 saturated carbocycles. The van der Waals surface area contributed by atoms with Gasteiger partial charge < -0.3 is 4.74 Å². The van der Waals surface area contributed by atoms with Gasteiger partial charge in [-0.1, -0.05) is 12.2 Å². The van der Waals surface area contributed by atoms with E-state index in [9.17, 15) is 4.79 Å². The quantitative estimate of drug-likeness (QED) is 0.367. The third kappa shape index (κ3) is 7.06. The van der Waals surface area contributed by atoms with Gasteiger partial charge in [-0.25, -0.2) is 4.79 Å². The molecule has 2 heteroatoms. The minimum atomic E-state index is -0.407. The third-order valence-corrected chi connectivity index (χ3v) is 0.963. The predicted molar refractivity (Wildman–Crippen MR) is 49.8 cm³/mol. The van der Waals surface area contributed by atoms with E-state index in [1.165, 1.54) is 6.08 Å². The van der Waals surface area contributed by atoms with E-state index >= 15 is 0 Å². The summed E-state index contributed by atoms with van der Waals surface area (Å²) in [5.74, 6) is -0.302. The van der Waals surface area contributed by atoms with Crippen LogP contribution in [0.25, 0.3) is 0 Å². The van der Waals surface area contributed by atoms with E-state index in [-0.39, 0.29) is 5.97 Å². The first-order valence-electron chi connectivity index (χ1n) is 3.96. The summed E-state index contributed by atoms with van der Waals surface area (Å²) in [6, 6.07) is 0. The fourth-order valence-electron chi connectivity index (χ4n) is 0.596. The first-order valence-corrected chi connectivity index (χ1v) is 3.96. The van der Waals surface area contributed by atoms with E-state index in [2.05, 4.69) is 6.58 Å². The molecule has 0 spiro atoms. The molecule has 0 saturated heterocycles. The topological polar surface area (TPSA) is 26.3 Å². The highest BCUT2D eigenvalue weighted by atomic mass is 16.6. The Kier molecular flexibility index (Phi) is 4.34. The van der Waals surface area contributed by atoms with Gasteiger partial charge >= 0.3 is 5.97 Å². The highest BCUT2D eigenvalue weighted by Crippen LogP contribution is 2.07. The number of carbonyl (C=O) groups excluding carboxylic acids is 1. The zero-order valence-corrected chi connectivity index (χ0v) is 7.96. The lowest BCUT2D eigenvalue weighted by atomic mass is 10.2. The van der Waals surface area contributed by atoms with Crippen molar-refractivity contribution in [1.29, 1.82) is 0 Å². The van der Waals surface area contributed by atoms with Gasteiger partial charge in [-0.2, -0.15) is 0 Å². The van der Waals surface area contributed by atoms with E-state index in [0.29, 0.717) is 6.42 Å². The number of rotatable bonds is 3. The van der Waals surface area contributed by atoms with Crippen LogP contribution in [0.15, 0.2) is 24.8 Å². The third-order valence-electron chi connectivity index (χ3n) is 0.963. The molecule has 0 aromatic rings. The van der Waals surface area contributed by atoms with Gasteiger partial charge in [0.2, 0.25) is 0 Å². The average molecular weight is 168 g/mol. The minimum Gasteiger partial charge on any atom is -0.457 e. The van der Waals surface area contributed by atoms with Gasteiger partial charge in [0.1, 0.15) is 5.60 Å². The molecule has 68 valence electrons. The van der Waals surface area contributed by atoms with Crippen molar-refractivity contribution in [2.75, 3.05) is 0 Å². The van der Waals surface area contributed by atoms with Crippen molar-refractivity contribution in [2.45, 2.75) is 32.8 Å². The zero-order valence-electron chi connectivity index (χ0n) is 7.96. The van der Waals surface area contributed by atoms with Crippen LogP contribution < -0.4 is 0 Å². The van der Waals surface area contributed by atoms with Gasteiger partial charge in [0.15, 0.2) is 0 Å². The summed E-state index contributed by atoms with van der Waals surface area (Å²) in [5.41, 5.74) is -0.407. The van der Waals surface area contributed by atoms with E-state index in [0.717, 1.165) is 0 Å². The molecule has 0 aliphatic carbocycles. The average Bonchev–Trinajstić information content (AvgIpc) is 1.84. The fourth-order valence-corrected chi connectivity index (χ4v) is 0.596. The van der Waals surface area contributed by atoms with Crippen molar-refractivity contribution < 1.29 is 9.53 Å². The van der Waals surface area contributed by atoms with Gasteiger partial charge in [0, 0.05) is 6.08 Å². The lowest BCUT2D eigenvalue weighted by Crippen LogP contribution is -2.22. The van der Waals surface area contributed by atoms with Crippen molar-refractivity contribution in [3.05, 3.63) is 24.8 Å². The molecule has 0 aromatic carbocycles. The molecule has 0 atom stereocenters. The Balaban J connectivity index is 3.82. The monoisotopic (exact) mass is 168 g/mol. The molecule has 0 aliphatic rings. The van der Waals surface area contributed by atoms with Crippen LogP contribution in [0, 0.1) is 0 Å². The maximum absolute atomic E-state index is 11.0. The number of carbonyl (C=O) groups is 1. The molecule has 2 nitrogen and oxygen atoms in total. The molecular formula is C10H16O2. The first-order chi connectivity index (χ1) is 5.45. The van der Waals surface area contributed by atoms with E-state index in [1.807, 2.05) is 20.8 Å². The largest absolute Gasteiger partial charge is 0.457 e. The van der Waals surface area contributed by atoms with Crippen molar-refractivity contribution in [3.63, 3.8) is 0 Å². The van der Waals surface area contributed by atoms with Crippen molar-refractivity contribution in [2.24, 2.45) is 0 Å². The minimum absolute atomic E-state index is 0.302. The van der Waals surface area contributed by atoms with E-state index in [4.69, 9.17) is 4.74 Å². The van der Waals surface area contributed by atoms with Crippen LogP contribution in [-0.2, 0) is 9.53 Å². The highest BCUT2D eigenvalue weighted by molar-refractivity contribution is 5.82. The molecule has 0 N–H and O–H groups in total. The summed E-state index contributed by atoms with van der Waals surface area (Å²) in [5, 5.41) is 0. The SMILES string of the molecule is C=CC/C=C/C(=O)OC(C)(C)C. The first kappa shape index (κ1) is 11.0. The molecule has 12 heavy (non-hydrogen) atoms. The summed E-state index contributed by atoms with van der Waals surface area (Å²) in [7, 11) is 0. The Hall–Kier alpha value is -1.05. The molecular weight excluding hydrogens is 152 g/mol. The van der Waals surface area contributed by atoms with Crippen LogP contribution in [0.1, 0.15) is 27.2 Å². The number of esters is 1. The molecule has 0 amide bonds. The molecule has 0 aliphatic heterocycles. The molecule has 0 heterocycles. The Morgan fingerprint density at radius 2 is 2.08 bits per heavy atom. The maximum atomic E-state index is 11.0. The van der Waals surface area contributed by atoms with Crippen molar-refractivity contribution in [1.82, 2.24) is 0 Å².